The first kappa shape index (κ1) is 20.6. The summed E-state index contributed by atoms with van der Waals surface area (Å²) in [5, 5.41) is 8.44. The Hall–Kier alpha value is -3.73. The number of rotatable bonds is 3. The van der Waals surface area contributed by atoms with Gasteiger partial charge in [-0.15, -0.1) is 0 Å². The summed E-state index contributed by atoms with van der Waals surface area (Å²) in [4.78, 5) is 0. The predicted octanol–water partition coefficient (Wildman–Crippen LogP) is 7.78. The van der Waals surface area contributed by atoms with E-state index in [2.05, 4.69) is 121 Å². The highest BCUT2D eigenvalue weighted by Crippen LogP contribution is 2.32. The van der Waals surface area contributed by atoms with Crippen molar-refractivity contribution in [3.8, 4) is 11.1 Å². The molecule has 0 saturated carbocycles. The monoisotopic (exact) mass is 464 g/mol. The molecule has 0 fully saturated rings. The Kier molecular flexibility index (Phi) is 5.00. The van der Waals surface area contributed by atoms with E-state index in [1.54, 1.807) is 0 Å². The van der Waals surface area contributed by atoms with Crippen molar-refractivity contribution in [3.05, 3.63) is 144 Å². The van der Waals surface area contributed by atoms with E-state index >= 15 is 0 Å². The van der Waals surface area contributed by atoms with E-state index in [9.17, 15) is 0 Å². The van der Waals surface area contributed by atoms with Gasteiger partial charge in [0, 0.05) is 0 Å². The van der Waals surface area contributed by atoms with Crippen molar-refractivity contribution in [2.45, 2.75) is 12.8 Å². The zero-order chi connectivity index (χ0) is 23.2. The standard InChI is InChI=1S/C34H25P/c1-3-13-31-24(8-1)10-6-12-28(31)20-23-7-5-11-26(19-23)27-17-18-33-30(21-27)22-29-16-15-25-9-2-4-14-32(25)34(29)35-33/h1-19,21,35H,20,22H2. The van der Waals surface area contributed by atoms with Crippen LogP contribution in [0.4, 0.5) is 0 Å². The normalized spacial score (nSPS) is 13.1. The average molecular weight is 465 g/mol. The smallest absolute Gasteiger partial charge is 0.00126 e. The van der Waals surface area contributed by atoms with Crippen LogP contribution in [0.2, 0.25) is 0 Å². The molecule has 0 bridgehead atoms. The summed E-state index contributed by atoms with van der Waals surface area (Å²) in [6.07, 6.45) is 1.97. The van der Waals surface area contributed by atoms with Gasteiger partial charge in [0.2, 0.25) is 0 Å². The Morgan fingerprint density at radius 2 is 1.29 bits per heavy atom. The molecule has 0 aliphatic carbocycles. The van der Waals surface area contributed by atoms with Crippen molar-refractivity contribution in [2.24, 2.45) is 0 Å². The second-order valence-corrected chi connectivity index (χ2v) is 10.8. The number of benzene rings is 6. The zero-order valence-electron chi connectivity index (χ0n) is 19.5. The van der Waals surface area contributed by atoms with E-state index in [0.29, 0.717) is 0 Å². The van der Waals surface area contributed by atoms with Gasteiger partial charge in [0.1, 0.15) is 0 Å². The molecule has 0 nitrogen and oxygen atoms in total. The quantitative estimate of drug-likeness (QED) is 0.234. The maximum absolute atomic E-state index is 2.43. The van der Waals surface area contributed by atoms with E-state index in [-0.39, 0.29) is 0 Å². The van der Waals surface area contributed by atoms with E-state index in [1.165, 1.54) is 65.5 Å². The van der Waals surface area contributed by atoms with Crippen LogP contribution in [0, 0.1) is 0 Å². The Labute approximate surface area is 208 Å². The molecular formula is C34H25P. The highest BCUT2D eigenvalue weighted by atomic mass is 31.1. The molecule has 1 unspecified atom stereocenters. The van der Waals surface area contributed by atoms with E-state index < -0.39 is 0 Å². The van der Waals surface area contributed by atoms with Gasteiger partial charge < -0.3 is 0 Å². The first-order chi connectivity index (χ1) is 17.3. The van der Waals surface area contributed by atoms with Gasteiger partial charge in [-0.3, -0.25) is 0 Å². The van der Waals surface area contributed by atoms with Crippen molar-refractivity contribution in [1.29, 1.82) is 0 Å². The zero-order valence-corrected chi connectivity index (χ0v) is 20.5. The first-order valence-corrected chi connectivity index (χ1v) is 13.3. The molecule has 6 aromatic carbocycles. The van der Waals surface area contributed by atoms with Gasteiger partial charge in [-0.05, 0) is 78.4 Å². The fraction of sp³-hybridized carbons (Fsp3) is 0.0588. The molecule has 0 amide bonds. The van der Waals surface area contributed by atoms with Crippen LogP contribution in [0.15, 0.2) is 121 Å². The Morgan fingerprint density at radius 3 is 2.20 bits per heavy atom. The summed E-state index contributed by atoms with van der Waals surface area (Å²) in [6, 6.07) is 44.9. The van der Waals surface area contributed by atoms with Crippen LogP contribution in [0.25, 0.3) is 32.7 Å². The van der Waals surface area contributed by atoms with Crippen molar-refractivity contribution in [1.82, 2.24) is 0 Å². The van der Waals surface area contributed by atoms with Crippen LogP contribution < -0.4 is 10.6 Å². The predicted molar refractivity (Wildman–Crippen MR) is 153 cm³/mol. The first-order valence-electron chi connectivity index (χ1n) is 12.3. The van der Waals surface area contributed by atoms with E-state index in [4.69, 9.17) is 0 Å². The second-order valence-electron chi connectivity index (χ2n) is 9.51. The Bertz CT molecular complexity index is 1720. The molecule has 1 aliphatic rings. The van der Waals surface area contributed by atoms with Crippen LogP contribution in [-0.2, 0) is 12.8 Å². The van der Waals surface area contributed by atoms with Gasteiger partial charge in [0.25, 0.3) is 0 Å². The highest BCUT2D eigenvalue weighted by Gasteiger charge is 2.18. The Morgan fingerprint density at radius 1 is 0.543 bits per heavy atom. The molecule has 1 atom stereocenters. The van der Waals surface area contributed by atoms with Gasteiger partial charge in [-0.1, -0.05) is 130 Å². The minimum Gasteiger partial charge on any atom is -0.0616 e. The summed E-state index contributed by atoms with van der Waals surface area (Å²) in [6.45, 7) is 0. The molecule has 7 rings (SSSR count). The molecule has 0 N–H and O–H groups in total. The second kappa shape index (κ2) is 8.49. The third-order valence-electron chi connectivity index (χ3n) is 7.30. The van der Waals surface area contributed by atoms with Crippen LogP contribution in [0.3, 0.4) is 0 Å². The molecule has 0 saturated heterocycles. The molecule has 6 aromatic rings. The summed E-state index contributed by atoms with van der Waals surface area (Å²) in [5.41, 5.74) is 8.32. The van der Waals surface area contributed by atoms with Gasteiger partial charge in [-0.25, -0.2) is 0 Å². The molecule has 0 spiro atoms. The van der Waals surface area contributed by atoms with Crippen LogP contribution >= 0.6 is 8.58 Å². The van der Waals surface area contributed by atoms with Crippen LogP contribution in [-0.4, -0.2) is 0 Å². The molecule has 0 aromatic heterocycles. The fourth-order valence-corrected chi connectivity index (χ4v) is 6.97. The third-order valence-corrected chi connectivity index (χ3v) is 8.89. The summed E-state index contributed by atoms with van der Waals surface area (Å²) in [5.74, 6) is 0. The van der Waals surface area contributed by atoms with Crippen molar-refractivity contribution in [2.75, 3.05) is 0 Å². The largest absolute Gasteiger partial charge is 0.0616 e. The highest BCUT2D eigenvalue weighted by molar-refractivity contribution is 7.56. The average Bonchev–Trinajstić information content (AvgIpc) is 2.92. The Balaban J connectivity index is 1.21. The lowest BCUT2D eigenvalue weighted by molar-refractivity contribution is 1.21. The molecular weight excluding hydrogens is 439 g/mol. The lowest BCUT2D eigenvalue weighted by Crippen LogP contribution is -2.20. The number of fused-ring (bicyclic) bond motifs is 5. The fourth-order valence-electron chi connectivity index (χ4n) is 5.52. The summed E-state index contributed by atoms with van der Waals surface area (Å²) < 4.78 is 0. The minimum absolute atomic E-state index is 0.721. The van der Waals surface area contributed by atoms with E-state index in [0.717, 1.165) is 21.4 Å². The molecule has 1 heteroatoms. The van der Waals surface area contributed by atoms with Crippen LogP contribution in [0.5, 0.6) is 0 Å². The summed E-state index contributed by atoms with van der Waals surface area (Å²) >= 11 is 0. The topological polar surface area (TPSA) is 0 Å². The SMILES string of the molecule is c1cc(Cc2cccc3ccccc23)cc(-c2ccc3c(c2)Cc2ccc4ccccc4c2P3)c1. The van der Waals surface area contributed by atoms with Gasteiger partial charge in [0.15, 0.2) is 0 Å². The molecule has 35 heavy (non-hydrogen) atoms. The van der Waals surface area contributed by atoms with E-state index in [1.807, 2.05) is 0 Å². The van der Waals surface area contributed by atoms with Gasteiger partial charge >= 0.3 is 0 Å². The third kappa shape index (κ3) is 3.75. The van der Waals surface area contributed by atoms with Gasteiger partial charge in [-0.2, -0.15) is 0 Å². The van der Waals surface area contributed by atoms with Crippen LogP contribution in [0.1, 0.15) is 22.3 Å². The molecule has 1 heterocycles. The van der Waals surface area contributed by atoms with Crippen molar-refractivity contribution >= 4 is 40.7 Å². The maximum atomic E-state index is 2.43. The van der Waals surface area contributed by atoms with Gasteiger partial charge in [0.05, 0.1) is 0 Å². The molecule has 1 aliphatic heterocycles. The molecule has 166 valence electrons. The van der Waals surface area contributed by atoms with Crippen molar-refractivity contribution < 1.29 is 0 Å². The van der Waals surface area contributed by atoms with Crippen molar-refractivity contribution in [3.63, 3.8) is 0 Å². The maximum Gasteiger partial charge on any atom is -0.00126 e. The lowest BCUT2D eigenvalue weighted by Gasteiger charge is -2.22. The molecule has 0 radical (unpaired) electrons. The lowest BCUT2D eigenvalue weighted by atomic mass is 9.94. The number of hydrogen-bond acceptors (Lipinski definition) is 0. The number of hydrogen-bond donors (Lipinski definition) is 0. The minimum atomic E-state index is 0.721. The summed E-state index contributed by atoms with van der Waals surface area (Å²) in [7, 11) is 0.721.